The van der Waals surface area contributed by atoms with Crippen LogP contribution in [0.3, 0.4) is 0 Å². The molecule has 6 nitrogen and oxygen atoms in total. The maximum Gasteiger partial charge on any atom is 0.573 e. The lowest BCUT2D eigenvalue weighted by Crippen LogP contribution is -2.31. The van der Waals surface area contributed by atoms with E-state index < -0.39 is 22.1 Å². The van der Waals surface area contributed by atoms with E-state index in [2.05, 4.69) is 25.7 Å². The Morgan fingerprint density at radius 1 is 0.969 bits per heavy atom. The Labute approximate surface area is 190 Å². The zero-order valence-corrected chi connectivity index (χ0v) is 18.6. The summed E-state index contributed by atoms with van der Waals surface area (Å²) < 4.78 is 71.4. The first-order chi connectivity index (χ1) is 15.1. The van der Waals surface area contributed by atoms with E-state index in [4.69, 9.17) is 0 Å². The summed E-state index contributed by atoms with van der Waals surface area (Å²) in [6, 6.07) is 18.1. The van der Waals surface area contributed by atoms with Crippen LogP contribution in [-0.2, 0) is 16.6 Å². The molecule has 0 aliphatic carbocycles. The van der Waals surface area contributed by atoms with Gasteiger partial charge in [0.1, 0.15) is 16.0 Å². The minimum Gasteiger partial charge on any atom is -0.406 e. The number of anilines is 1. The summed E-state index contributed by atoms with van der Waals surface area (Å²) >= 11 is 3.42. The maximum atomic E-state index is 13.5. The highest BCUT2D eigenvalue weighted by molar-refractivity contribution is 9.10. The molecule has 0 aliphatic heterocycles. The summed E-state index contributed by atoms with van der Waals surface area (Å²) in [5, 5.41) is 0. The van der Waals surface area contributed by atoms with E-state index in [-0.39, 0.29) is 17.3 Å². The number of hydrogen-bond acceptors (Lipinski definition) is 4. The average Bonchev–Trinajstić information content (AvgIpc) is 3.09. The molecule has 0 unspecified atom stereocenters. The second-order valence-electron chi connectivity index (χ2n) is 6.67. The predicted octanol–water partition coefficient (Wildman–Crippen LogP) is 5.39. The molecule has 4 aromatic rings. The molecule has 0 saturated heterocycles. The van der Waals surface area contributed by atoms with Gasteiger partial charge in [-0.15, -0.1) is 13.2 Å². The fourth-order valence-corrected chi connectivity index (χ4v) is 5.22. The third-order valence-electron chi connectivity index (χ3n) is 4.51. The van der Waals surface area contributed by atoms with Crippen LogP contribution in [0.4, 0.5) is 19.0 Å². The molecule has 11 heteroatoms. The van der Waals surface area contributed by atoms with Crippen molar-refractivity contribution in [2.75, 3.05) is 4.31 Å². The number of benzene rings is 2. The fourth-order valence-electron chi connectivity index (χ4n) is 3.07. The molecule has 2 aromatic heterocycles. The Bertz CT molecular complexity index is 1340. The minimum atomic E-state index is -4.81. The van der Waals surface area contributed by atoms with Crippen LogP contribution in [0.5, 0.6) is 5.75 Å². The number of aromatic nitrogens is 2. The monoisotopic (exact) mass is 525 g/mol. The Balaban J connectivity index is 1.77. The quantitative estimate of drug-likeness (QED) is 0.338. The average molecular weight is 526 g/mol. The van der Waals surface area contributed by atoms with Crippen molar-refractivity contribution in [1.29, 1.82) is 0 Å². The number of nitrogens with zero attached hydrogens (tertiary/aromatic N) is 3. The van der Waals surface area contributed by atoms with Crippen LogP contribution in [0.2, 0.25) is 0 Å². The molecule has 2 aromatic carbocycles. The van der Waals surface area contributed by atoms with Gasteiger partial charge in [-0.2, -0.15) is 0 Å². The second-order valence-corrected chi connectivity index (χ2v) is 9.28. The summed E-state index contributed by atoms with van der Waals surface area (Å²) in [6.45, 7) is -0.161. The summed E-state index contributed by atoms with van der Waals surface area (Å²) in [7, 11) is -4.05. The first kappa shape index (κ1) is 22.2. The highest BCUT2D eigenvalue weighted by atomic mass is 79.9. The standard InChI is InChI=1S/C21H15BrF3N3O3S/c22-19-20(26-18-8-4-5-13-27(18)19)28(32(29,30)17-6-2-1-3-7-17)14-15-9-11-16(12-10-15)31-21(23,24)25/h1-13H,14H2. The van der Waals surface area contributed by atoms with E-state index in [0.29, 0.717) is 15.8 Å². The van der Waals surface area contributed by atoms with Crippen LogP contribution >= 0.6 is 15.9 Å². The van der Waals surface area contributed by atoms with Gasteiger partial charge in [0.25, 0.3) is 10.0 Å². The first-order valence-electron chi connectivity index (χ1n) is 9.20. The lowest BCUT2D eigenvalue weighted by atomic mass is 10.2. The smallest absolute Gasteiger partial charge is 0.406 e. The molecule has 0 radical (unpaired) electrons. The Morgan fingerprint density at radius 2 is 1.62 bits per heavy atom. The number of halogens is 4. The third-order valence-corrected chi connectivity index (χ3v) is 6.99. The van der Waals surface area contributed by atoms with E-state index in [1.54, 1.807) is 47.0 Å². The van der Waals surface area contributed by atoms with Crippen molar-refractivity contribution in [1.82, 2.24) is 9.38 Å². The molecule has 2 heterocycles. The van der Waals surface area contributed by atoms with Crippen LogP contribution in [0.25, 0.3) is 5.65 Å². The number of fused-ring (bicyclic) bond motifs is 1. The second kappa shape index (κ2) is 8.47. The summed E-state index contributed by atoms with van der Waals surface area (Å²) in [6.07, 6.45) is -3.09. The number of rotatable bonds is 6. The van der Waals surface area contributed by atoms with Gasteiger partial charge in [0.2, 0.25) is 0 Å². The Kier molecular flexibility index (Phi) is 5.87. The van der Waals surface area contributed by atoms with E-state index in [1.807, 2.05) is 0 Å². The van der Waals surface area contributed by atoms with Gasteiger partial charge >= 0.3 is 6.36 Å². The zero-order chi connectivity index (χ0) is 22.9. The first-order valence-corrected chi connectivity index (χ1v) is 11.4. The van der Waals surface area contributed by atoms with Crippen LogP contribution in [0.15, 0.2) is 88.5 Å². The molecule has 0 atom stereocenters. The van der Waals surface area contributed by atoms with Gasteiger partial charge in [0, 0.05) is 6.20 Å². The number of hydrogen-bond donors (Lipinski definition) is 0. The minimum absolute atomic E-state index is 0.0565. The number of sulfonamides is 1. The van der Waals surface area contributed by atoms with Crippen LogP contribution in [0, 0.1) is 0 Å². The molecule has 166 valence electrons. The number of pyridine rings is 1. The van der Waals surface area contributed by atoms with Gasteiger partial charge in [-0.25, -0.2) is 17.7 Å². The lowest BCUT2D eigenvalue weighted by molar-refractivity contribution is -0.274. The normalized spacial score (nSPS) is 12.1. The highest BCUT2D eigenvalue weighted by Gasteiger charge is 2.32. The number of imidazole rings is 1. The molecule has 0 amide bonds. The van der Waals surface area contributed by atoms with E-state index in [9.17, 15) is 21.6 Å². The van der Waals surface area contributed by atoms with E-state index >= 15 is 0 Å². The summed E-state index contributed by atoms with van der Waals surface area (Å²) in [4.78, 5) is 4.51. The largest absolute Gasteiger partial charge is 0.573 e. The van der Waals surface area contributed by atoms with Crippen molar-refractivity contribution in [3.63, 3.8) is 0 Å². The molecule has 0 spiro atoms. The van der Waals surface area contributed by atoms with E-state index in [1.165, 1.54) is 24.3 Å². The fraction of sp³-hybridized carbons (Fsp3) is 0.0952. The maximum absolute atomic E-state index is 13.5. The molecule has 0 saturated carbocycles. The molecule has 32 heavy (non-hydrogen) atoms. The van der Waals surface area contributed by atoms with Gasteiger partial charge < -0.3 is 4.74 Å². The molecule has 0 aliphatic rings. The Hall–Kier alpha value is -3.05. The molecule has 4 rings (SSSR count). The van der Waals surface area contributed by atoms with Crippen molar-refractivity contribution in [3.05, 3.63) is 89.2 Å². The van der Waals surface area contributed by atoms with Gasteiger partial charge in [-0.3, -0.25) is 4.40 Å². The van der Waals surface area contributed by atoms with E-state index in [0.717, 1.165) is 16.4 Å². The van der Waals surface area contributed by atoms with Crippen LogP contribution < -0.4 is 9.04 Å². The zero-order valence-electron chi connectivity index (χ0n) is 16.2. The number of ether oxygens (including phenoxy) is 1. The topological polar surface area (TPSA) is 63.9 Å². The van der Waals surface area contributed by atoms with Crippen molar-refractivity contribution in [3.8, 4) is 5.75 Å². The molecule has 0 N–H and O–H groups in total. The summed E-state index contributed by atoms with van der Waals surface area (Å²) in [5.74, 6) is -0.247. The lowest BCUT2D eigenvalue weighted by Gasteiger charge is -2.23. The number of alkyl halides is 3. The molecular weight excluding hydrogens is 511 g/mol. The molecule has 0 fully saturated rings. The van der Waals surface area contributed by atoms with Gasteiger partial charge in [0.15, 0.2) is 5.82 Å². The van der Waals surface area contributed by atoms with Crippen molar-refractivity contribution >= 4 is 37.4 Å². The van der Waals surface area contributed by atoms with Crippen LogP contribution in [0.1, 0.15) is 5.56 Å². The Morgan fingerprint density at radius 3 is 2.25 bits per heavy atom. The van der Waals surface area contributed by atoms with Gasteiger partial charge in [-0.1, -0.05) is 36.4 Å². The van der Waals surface area contributed by atoms with Crippen molar-refractivity contribution < 1.29 is 26.3 Å². The van der Waals surface area contributed by atoms with Crippen molar-refractivity contribution in [2.24, 2.45) is 0 Å². The predicted molar refractivity (Wildman–Crippen MR) is 116 cm³/mol. The van der Waals surface area contributed by atoms with Crippen LogP contribution in [-0.4, -0.2) is 24.2 Å². The molecular formula is C21H15BrF3N3O3S. The summed E-state index contributed by atoms with van der Waals surface area (Å²) in [5.41, 5.74) is 0.972. The highest BCUT2D eigenvalue weighted by Crippen LogP contribution is 2.33. The van der Waals surface area contributed by atoms with Crippen molar-refractivity contribution in [2.45, 2.75) is 17.8 Å². The molecule has 0 bridgehead atoms. The third kappa shape index (κ3) is 4.58. The van der Waals surface area contributed by atoms with Gasteiger partial charge in [-0.05, 0) is 57.9 Å². The SMILES string of the molecule is O=S(=O)(c1ccccc1)N(Cc1ccc(OC(F)(F)F)cc1)c1nc2ccccn2c1Br. The van der Waals surface area contributed by atoms with Gasteiger partial charge in [0.05, 0.1) is 11.4 Å².